The molecular formula is C11H20N2O4. The minimum Gasteiger partial charge on any atom is -0.381 e. The van der Waals surface area contributed by atoms with Gasteiger partial charge in [0.2, 0.25) is 6.29 Å². The number of hydrogen-bond acceptors (Lipinski definition) is 6. The Kier molecular flexibility index (Phi) is 6.10. The van der Waals surface area contributed by atoms with E-state index in [1.165, 1.54) is 0 Å². The number of rotatable bonds is 8. The van der Waals surface area contributed by atoms with Crippen molar-refractivity contribution in [1.29, 1.82) is 0 Å². The van der Waals surface area contributed by atoms with Crippen LogP contribution < -0.4 is 0 Å². The number of ether oxygens (including phenoxy) is 3. The van der Waals surface area contributed by atoms with Crippen molar-refractivity contribution in [2.24, 2.45) is 0 Å². The third-order valence-corrected chi connectivity index (χ3v) is 2.19. The van der Waals surface area contributed by atoms with Crippen LogP contribution in [0.25, 0.3) is 0 Å². The summed E-state index contributed by atoms with van der Waals surface area (Å²) in [6, 6.07) is 0. The summed E-state index contributed by atoms with van der Waals surface area (Å²) >= 11 is 0. The molecule has 0 amide bonds. The van der Waals surface area contributed by atoms with Crippen molar-refractivity contribution in [3.63, 3.8) is 0 Å². The van der Waals surface area contributed by atoms with Crippen molar-refractivity contribution in [2.75, 3.05) is 20.3 Å². The number of methoxy groups -OCH3 is 1. The molecule has 0 aromatic carbocycles. The highest BCUT2D eigenvalue weighted by Gasteiger charge is 2.20. The minimum absolute atomic E-state index is 0.0538. The molecule has 0 aliphatic heterocycles. The van der Waals surface area contributed by atoms with Gasteiger partial charge in [-0.1, -0.05) is 5.16 Å². The normalized spacial score (nSPS) is 13.2. The van der Waals surface area contributed by atoms with Crippen molar-refractivity contribution in [1.82, 2.24) is 10.1 Å². The molecule has 0 saturated carbocycles. The van der Waals surface area contributed by atoms with Crippen LogP contribution >= 0.6 is 0 Å². The van der Waals surface area contributed by atoms with Crippen LogP contribution in [0.15, 0.2) is 4.52 Å². The molecule has 1 atom stereocenters. The van der Waals surface area contributed by atoms with E-state index in [4.69, 9.17) is 18.7 Å². The predicted molar refractivity (Wildman–Crippen MR) is 60.5 cm³/mol. The lowest BCUT2D eigenvalue weighted by Gasteiger charge is -2.11. The molecular weight excluding hydrogens is 224 g/mol. The Hall–Kier alpha value is -0.980. The highest BCUT2D eigenvalue weighted by Crippen LogP contribution is 2.17. The van der Waals surface area contributed by atoms with Crippen LogP contribution in [-0.4, -0.2) is 36.6 Å². The average Bonchev–Trinajstić information content (AvgIpc) is 2.77. The zero-order valence-corrected chi connectivity index (χ0v) is 10.8. The molecule has 1 aromatic heterocycles. The molecule has 1 aromatic rings. The maximum absolute atomic E-state index is 5.36. The highest BCUT2D eigenvalue weighted by molar-refractivity contribution is 4.89. The van der Waals surface area contributed by atoms with Crippen LogP contribution in [0.4, 0.5) is 0 Å². The zero-order chi connectivity index (χ0) is 12.7. The van der Waals surface area contributed by atoms with Gasteiger partial charge in [0.25, 0.3) is 5.89 Å². The smallest absolute Gasteiger partial charge is 0.283 e. The third kappa shape index (κ3) is 4.41. The fourth-order valence-corrected chi connectivity index (χ4v) is 1.28. The maximum atomic E-state index is 5.36. The van der Waals surface area contributed by atoms with Gasteiger partial charge in [-0.25, -0.2) is 0 Å². The quantitative estimate of drug-likeness (QED) is 0.649. The molecule has 0 radical (unpaired) electrons. The van der Waals surface area contributed by atoms with E-state index in [-0.39, 0.29) is 6.10 Å². The van der Waals surface area contributed by atoms with E-state index >= 15 is 0 Å². The van der Waals surface area contributed by atoms with Gasteiger partial charge in [-0.05, 0) is 20.8 Å². The van der Waals surface area contributed by atoms with E-state index in [2.05, 4.69) is 10.1 Å². The lowest BCUT2D eigenvalue weighted by atomic mass is 10.3. The molecule has 6 nitrogen and oxygen atoms in total. The highest BCUT2D eigenvalue weighted by atomic mass is 16.7. The molecule has 0 aliphatic rings. The topological polar surface area (TPSA) is 66.6 Å². The fourth-order valence-electron chi connectivity index (χ4n) is 1.28. The lowest BCUT2D eigenvalue weighted by molar-refractivity contribution is -0.155. The Morgan fingerprint density at radius 2 is 1.88 bits per heavy atom. The molecule has 6 heteroatoms. The van der Waals surface area contributed by atoms with Crippen molar-refractivity contribution >= 4 is 0 Å². The van der Waals surface area contributed by atoms with E-state index < -0.39 is 6.29 Å². The Balaban J connectivity index is 2.63. The van der Waals surface area contributed by atoms with Gasteiger partial charge in [-0.2, -0.15) is 4.98 Å². The first-order chi connectivity index (χ1) is 8.21. The van der Waals surface area contributed by atoms with Crippen molar-refractivity contribution in [2.45, 2.75) is 39.6 Å². The molecule has 0 spiro atoms. The molecule has 0 saturated heterocycles. The molecule has 0 N–H and O–H groups in total. The average molecular weight is 244 g/mol. The van der Waals surface area contributed by atoms with Crippen molar-refractivity contribution in [3.8, 4) is 0 Å². The van der Waals surface area contributed by atoms with Gasteiger partial charge >= 0.3 is 0 Å². The van der Waals surface area contributed by atoms with E-state index in [1.807, 2.05) is 20.8 Å². The first-order valence-corrected chi connectivity index (χ1v) is 5.79. The minimum atomic E-state index is -0.580. The van der Waals surface area contributed by atoms with Crippen LogP contribution in [0.5, 0.6) is 0 Å². The van der Waals surface area contributed by atoms with Gasteiger partial charge in [0, 0.05) is 26.7 Å². The summed E-state index contributed by atoms with van der Waals surface area (Å²) in [5.74, 6) is 0.950. The largest absolute Gasteiger partial charge is 0.381 e. The first kappa shape index (κ1) is 14.1. The fraction of sp³-hybridized carbons (Fsp3) is 0.818. The van der Waals surface area contributed by atoms with E-state index in [1.54, 1.807) is 7.11 Å². The standard InChI is InChI=1S/C11H20N2O4/c1-5-15-11(16-6-2)10-12-9(13-17-10)7-8(3)14-4/h8,11H,5-7H2,1-4H3. The van der Waals surface area contributed by atoms with Crippen molar-refractivity contribution < 1.29 is 18.7 Å². The van der Waals surface area contributed by atoms with Crippen LogP contribution in [0.2, 0.25) is 0 Å². The van der Waals surface area contributed by atoms with Gasteiger partial charge < -0.3 is 18.7 Å². The van der Waals surface area contributed by atoms with Crippen LogP contribution in [0, 0.1) is 0 Å². The summed E-state index contributed by atoms with van der Waals surface area (Å²) in [7, 11) is 1.65. The second kappa shape index (κ2) is 7.37. The Morgan fingerprint density at radius 3 is 2.41 bits per heavy atom. The summed E-state index contributed by atoms with van der Waals surface area (Å²) in [6.45, 7) is 6.76. The number of aromatic nitrogens is 2. The second-order valence-electron chi connectivity index (χ2n) is 3.54. The molecule has 98 valence electrons. The van der Waals surface area contributed by atoms with Crippen LogP contribution in [0.3, 0.4) is 0 Å². The number of hydrogen-bond donors (Lipinski definition) is 0. The van der Waals surface area contributed by atoms with E-state index in [9.17, 15) is 0 Å². The SMILES string of the molecule is CCOC(OCC)c1nc(CC(C)OC)no1. The summed E-state index contributed by atoms with van der Waals surface area (Å²) in [6.07, 6.45) is 0.0764. The van der Waals surface area contributed by atoms with Crippen LogP contribution in [0.1, 0.15) is 38.8 Å². The van der Waals surface area contributed by atoms with E-state index in [0.29, 0.717) is 31.3 Å². The summed E-state index contributed by atoms with van der Waals surface area (Å²) in [4.78, 5) is 4.23. The van der Waals surface area contributed by atoms with Gasteiger partial charge in [0.05, 0.1) is 6.10 Å². The molecule has 1 unspecified atom stereocenters. The molecule has 17 heavy (non-hydrogen) atoms. The maximum Gasteiger partial charge on any atom is 0.283 e. The van der Waals surface area contributed by atoms with Gasteiger partial charge in [-0.3, -0.25) is 0 Å². The van der Waals surface area contributed by atoms with Gasteiger partial charge in [0.1, 0.15) is 0 Å². The summed E-state index contributed by atoms with van der Waals surface area (Å²) < 4.78 is 21.0. The summed E-state index contributed by atoms with van der Waals surface area (Å²) in [5, 5.41) is 3.86. The first-order valence-electron chi connectivity index (χ1n) is 5.79. The lowest BCUT2D eigenvalue weighted by Crippen LogP contribution is -2.11. The monoisotopic (exact) mass is 244 g/mol. The molecule has 0 aliphatic carbocycles. The predicted octanol–water partition coefficient (Wildman–Crippen LogP) is 1.72. The zero-order valence-electron chi connectivity index (χ0n) is 10.8. The Labute approximate surface area is 101 Å². The third-order valence-electron chi connectivity index (χ3n) is 2.19. The molecule has 0 fully saturated rings. The summed E-state index contributed by atoms with van der Waals surface area (Å²) in [5.41, 5.74) is 0. The molecule has 0 bridgehead atoms. The van der Waals surface area contributed by atoms with E-state index in [0.717, 1.165) is 0 Å². The molecule has 1 rings (SSSR count). The van der Waals surface area contributed by atoms with Crippen LogP contribution in [-0.2, 0) is 20.6 Å². The Bertz CT molecular complexity index is 310. The number of nitrogens with zero attached hydrogens (tertiary/aromatic N) is 2. The second-order valence-corrected chi connectivity index (χ2v) is 3.54. The van der Waals surface area contributed by atoms with Gasteiger partial charge in [0.15, 0.2) is 5.82 Å². The molecule has 1 heterocycles. The van der Waals surface area contributed by atoms with Gasteiger partial charge in [-0.15, -0.1) is 0 Å². The Morgan fingerprint density at radius 1 is 1.24 bits per heavy atom. The van der Waals surface area contributed by atoms with Crippen molar-refractivity contribution in [3.05, 3.63) is 11.7 Å².